The molecule has 32 heavy (non-hydrogen) atoms. The Bertz CT molecular complexity index is 1230. The van der Waals surface area contributed by atoms with Gasteiger partial charge in [-0.1, -0.05) is 49.4 Å². The minimum absolute atomic E-state index is 0.132. The summed E-state index contributed by atoms with van der Waals surface area (Å²) in [5.74, 6) is 6.46. The van der Waals surface area contributed by atoms with Crippen molar-refractivity contribution in [2.45, 2.75) is 38.8 Å². The maximum absolute atomic E-state index is 12.4. The van der Waals surface area contributed by atoms with Crippen molar-refractivity contribution in [3.8, 4) is 17.2 Å². The van der Waals surface area contributed by atoms with Crippen LogP contribution in [-0.4, -0.2) is 41.3 Å². The molecule has 4 rings (SSSR count). The molecule has 9 nitrogen and oxygen atoms in total. The predicted octanol–water partition coefficient (Wildman–Crippen LogP) is 3.60. The largest absolute Gasteiger partial charge is 0.334 e. The van der Waals surface area contributed by atoms with E-state index in [1.165, 1.54) is 33.3 Å². The summed E-state index contributed by atoms with van der Waals surface area (Å²) in [5, 5.41) is 18.3. The molecule has 0 aliphatic heterocycles. The van der Waals surface area contributed by atoms with Gasteiger partial charge < -0.3 is 11.2 Å². The smallest absolute Gasteiger partial charge is 0.271 e. The number of hydrogen-bond acceptors (Lipinski definition) is 8. The fourth-order valence-electron chi connectivity index (χ4n) is 3.22. The van der Waals surface area contributed by atoms with E-state index < -0.39 is 0 Å². The first-order valence-corrected chi connectivity index (χ1v) is 12.0. The van der Waals surface area contributed by atoms with Crippen LogP contribution in [0.15, 0.2) is 40.9 Å². The number of amides is 1. The Hall–Kier alpha value is -3.18. The third-order valence-corrected chi connectivity index (χ3v) is 6.42. The predicted molar refractivity (Wildman–Crippen MR) is 128 cm³/mol. The highest BCUT2D eigenvalue weighted by molar-refractivity contribution is 7.99. The average Bonchev–Trinajstić information content (AvgIpc) is 3.46. The number of rotatable bonds is 8. The van der Waals surface area contributed by atoms with Gasteiger partial charge in [0.05, 0.1) is 17.1 Å². The van der Waals surface area contributed by atoms with Crippen LogP contribution in [0.3, 0.4) is 0 Å². The van der Waals surface area contributed by atoms with Gasteiger partial charge in [0, 0.05) is 16.6 Å². The maximum atomic E-state index is 12.4. The Morgan fingerprint density at radius 3 is 2.69 bits per heavy atom. The molecular formula is C21H24N8OS2. The molecule has 0 unspecified atom stereocenters. The van der Waals surface area contributed by atoms with Gasteiger partial charge in [0.2, 0.25) is 11.1 Å². The van der Waals surface area contributed by atoms with E-state index in [9.17, 15) is 4.79 Å². The third-order valence-electron chi connectivity index (χ3n) is 4.72. The van der Waals surface area contributed by atoms with Crippen molar-refractivity contribution in [2.24, 2.45) is 0 Å². The lowest BCUT2D eigenvalue weighted by atomic mass is 10.1. The zero-order valence-electron chi connectivity index (χ0n) is 18.1. The summed E-state index contributed by atoms with van der Waals surface area (Å²) in [6.45, 7) is 5.97. The molecule has 0 radical (unpaired) electrons. The van der Waals surface area contributed by atoms with Crippen molar-refractivity contribution in [1.82, 2.24) is 29.6 Å². The van der Waals surface area contributed by atoms with E-state index in [-0.39, 0.29) is 11.7 Å². The van der Waals surface area contributed by atoms with Gasteiger partial charge >= 0.3 is 0 Å². The number of carbonyl (C=O) groups excluding carboxylic acids is 1. The molecule has 0 bridgehead atoms. The number of hydrogen-bond donors (Lipinski definition) is 2. The van der Waals surface area contributed by atoms with Gasteiger partial charge in [-0.2, -0.15) is 5.10 Å². The summed E-state index contributed by atoms with van der Waals surface area (Å²) in [4.78, 5) is 16.9. The molecule has 0 atom stereocenters. The monoisotopic (exact) mass is 468 g/mol. The first-order valence-electron chi connectivity index (χ1n) is 10.2. The van der Waals surface area contributed by atoms with E-state index in [2.05, 4.69) is 56.8 Å². The summed E-state index contributed by atoms with van der Waals surface area (Å²) in [7, 11) is 0. The minimum Gasteiger partial charge on any atom is -0.334 e. The number of benzene rings is 1. The topological polar surface area (TPSA) is 117 Å². The highest BCUT2D eigenvalue weighted by Gasteiger charge is 2.16. The summed E-state index contributed by atoms with van der Waals surface area (Å²) < 4.78 is 2.96. The number of aromatic nitrogens is 6. The van der Waals surface area contributed by atoms with Gasteiger partial charge in [-0.15, -0.1) is 21.5 Å². The number of nitrogen functional groups attached to an aromatic ring is 1. The standard InChI is InChI=1S/C21H24N8OS2/c1-4-5-15-6-8-16(9-7-15)17-11-31-19(23-17)24-18(30)12-32-21-26-25-20(28(21)22)29-14(3)10-13(2)27-29/h6-11H,4-5,12,22H2,1-3H3,(H,23,24,30). The highest BCUT2D eigenvalue weighted by atomic mass is 32.2. The number of nitrogens with one attached hydrogen (secondary N) is 1. The Kier molecular flexibility index (Phi) is 6.56. The van der Waals surface area contributed by atoms with Gasteiger partial charge in [-0.3, -0.25) is 4.79 Å². The number of thioether (sulfide) groups is 1. The van der Waals surface area contributed by atoms with Crippen LogP contribution < -0.4 is 11.2 Å². The molecular weight excluding hydrogens is 444 g/mol. The summed E-state index contributed by atoms with van der Waals surface area (Å²) >= 11 is 2.60. The Morgan fingerprint density at radius 1 is 1.22 bits per heavy atom. The molecule has 0 spiro atoms. The van der Waals surface area contributed by atoms with Crippen molar-refractivity contribution >= 4 is 34.1 Å². The second-order valence-electron chi connectivity index (χ2n) is 7.31. The van der Waals surface area contributed by atoms with Crippen molar-refractivity contribution < 1.29 is 4.79 Å². The van der Waals surface area contributed by atoms with Crippen LogP contribution in [0.2, 0.25) is 0 Å². The molecule has 3 N–H and O–H groups in total. The van der Waals surface area contributed by atoms with Crippen LogP contribution in [-0.2, 0) is 11.2 Å². The fraction of sp³-hybridized carbons (Fsp3) is 0.286. The van der Waals surface area contributed by atoms with Crippen LogP contribution in [0.25, 0.3) is 17.2 Å². The molecule has 166 valence electrons. The summed E-state index contributed by atoms with van der Waals surface area (Å²) in [6.07, 6.45) is 2.18. The highest BCUT2D eigenvalue weighted by Crippen LogP contribution is 2.26. The summed E-state index contributed by atoms with van der Waals surface area (Å²) in [5.41, 5.74) is 4.95. The number of nitrogens with zero attached hydrogens (tertiary/aromatic N) is 6. The van der Waals surface area contributed by atoms with E-state index in [4.69, 9.17) is 5.84 Å². The Labute approximate surface area is 194 Å². The van der Waals surface area contributed by atoms with Crippen molar-refractivity contribution in [1.29, 1.82) is 0 Å². The van der Waals surface area contributed by atoms with Crippen molar-refractivity contribution in [3.63, 3.8) is 0 Å². The molecule has 0 aliphatic carbocycles. The molecule has 3 aromatic heterocycles. The van der Waals surface area contributed by atoms with E-state index in [0.717, 1.165) is 35.5 Å². The third kappa shape index (κ3) is 4.83. The molecule has 1 aromatic carbocycles. The number of thiazole rings is 1. The molecule has 3 heterocycles. The van der Waals surface area contributed by atoms with E-state index in [1.54, 1.807) is 4.68 Å². The maximum Gasteiger partial charge on any atom is 0.271 e. The van der Waals surface area contributed by atoms with Crippen LogP contribution in [0.1, 0.15) is 30.3 Å². The van der Waals surface area contributed by atoms with Gasteiger partial charge in [0.1, 0.15) is 0 Å². The van der Waals surface area contributed by atoms with Crippen LogP contribution >= 0.6 is 23.1 Å². The lowest BCUT2D eigenvalue weighted by Crippen LogP contribution is -2.18. The molecule has 0 fully saturated rings. The van der Waals surface area contributed by atoms with E-state index in [1.807, 2.05) is 25.3 Å². The van der Waals surface area contributed by atoms with Gasteiger partial charge in [-0.05, 0) is 31.9 Å². The lowest BCUT2D eigenvalue weighted by Gasteiger charge is -2.05. The SMILES string of the molecule is CCCc1ccc(-c2csc(NC(=O)CSc3nnc(-n4nc(C)cc4C)n3N)n2)cc1. The Morgan fingerprint density at radius 2 is 2.00 bits per heavy atom. The normalized spacial score (nSPS) is 11.1. The quantitative estimate of drug-likeness (QED) is 0.300. The first kappa shape index (κ1) is 22.0. The second-order valence-corrected chi connectivity index (χ2v) is 9.11. The van der Waals surface area contributed by atoms with E-state index >= 15 is 0 Å². The summed E-state index contributed by atoms with van der Waals surface area (Å²) in [6, 6.07) is 10.3. The zero-order valence-corrected chi connectivity index (χ0v) is 19.7. The number of aryl methyl sites for hydroxylation is 3. The first-order chi connectivity index (χ1) is 15.4. The van der Waals surface area contributed by atoms with Crippen molar-refractivity contribution in [2.75, 3.05) is 16.9 Å². The number of anilines is 1. The number of carbonyl (C=O) groups is 1. The van der Waals surface area contributed by atoms with Crippen LogP contribution in [0.4, 0.5) is 5.13 Å². The van der Waals surface area contributed by atoms with Gasteiger partial charge in [-0.25, -0.2) is 14.3 Å². The molecule has 11 heteroatoms. The molecule has 0 saturated heterocycles. The average molecular weight is 469 g/mol. The fourth-order valence-corrected chi connectivity index (χ4v) is 4.61. The van der Waals surface area contributed by atoms with Crippen molar-refractivity contribution in [3.05, 3.63) is 52.7 Å². The number of nitrogens with two attached hydrogens (primary N) is 1. The molecule has 1 amide bonds. The second kappa shape index (κ2) is 9.53. The van der Waals surface area contributed by atoms with Crippen LogP contribution in [0.5, 0.6) is 0 Å². The van der Waals surface area contributed by atoms with E-state index in [0.29, 0.717) is 16.2 Å². The Balaban J connectivity index is 1.35. The minimum atomic E-state index is -0.190. The van der Waals surface area contributed by atoms with Gasteiger partial charge in [0.25, 0.3) is 5.95 Å². The van der Waals surface area contributed by atoms with Crippen LogP contribution in [0, 0.1) is 13.8 Å². The molecule has 4 aromatic rings. The van der Waals surface area contributed by atoms with Gasteiger partial charge in [0.15, 0.2) is 5.13 Å². The zero-order chi connectivity index (χ0) is 22.7. The molecule has 0 aliphatic rings. The lowest BCUT2D eigenvalue weighted by molar-refractivity contribution is -0.113. The molecule has 0 saturated carbocycles.